The Morgan fingerprint density at radius 1 is 1.53 bits per heavy atom. The van der Waals surface area contributed by atoms with Gasteiger partial charge >= 0.3 is 5.97 Å². The van der Waals surface area contributed by atoms with E-state index in [1.165, 1.54) is 0 Å². The summed E-state index contributed by atoms with van der Waals surface area (Å²) in [6.07, 6.45) is 8.55. The molecule has 4 N–H and O–H groups in total. The van der Waals surface area contributed by atoms with Gasteiger partial charge in [-0.3, -0.25) is 4.79 Å². The Morgan fingerprint density at radius 3 is 3.00 bits per heavy atom. The van der Waals surface area contributed by atoms with Crippen LogP contribution in [0.15, 0.2) is 6.20 Å². The summed E-state index contributed by atoms with van der Waals surface area (Å²) in [7, 11) is 0. The smallest absolute Gasteiger partial charge is 0.320 e. The number of aliphatic carboxylic acids is 1. The summed E-state index contributed by atoms with van der Waals surface area (Å²) in [4.78, 5) is 13.8. The monoisotopic (exact) mass is 206 g/mol. The molecule has 1 unspecified atom stereocenters. The number of H-pyrrole nitrogens is 1. The lowest BCUT2D eigenvalue weighted by atomic mass is 10.1. The maximum atomic E-state index is 10.6. The molecule has 1 atom stereocenters. The highest BCUT2D eigenvalue weighted by Gasteiger charge is 2.14. The van der Waals surface area contributed by atoms with Crippen molar-refractivity contribution >= 4 is 18.1 Å². The normalized spacial score (nSPS) is 16.1. The molecule has 1 aromatic heterocycles. The molecule has 2 rings (SSSR count). The summed E-state index contributed by atoms with van der Waals surface area (Å²) < 4.78 is 0. The predicted octanol–water partition coefficient (Wildman–Crippen LogP) is -0.676. The first-order chi connectivity index (χ1) is 7.18. The molecule has 4 heteroatoms. The lowest BCUT2D eigenvalue weighted by Gasteiger charge is -2.04. The van der Waals surface area contributed by atoms with Gasteiger partial charge in [0, 0.05) is 18.0 Å². The summed E-state index contributed by atoms with van der Waals surface area (Å²) in [5.74, 6) is -0.954. The van der Waals surface area contributed by atoms with Crippen LogP contribution < -0.4 is 16.3 Å². The number of hydrogen-bond acceptors (Lipinski definition) is 2. The largest absolute Gasteiger partial charge is 0.480 e. The molecule has 0 aromatic carbocycles. The van der Waals surface area contributed by atoms with Crippen molar-refractivity contribution < 1.29 is 9.90 Å². The van der Waals surface area contributed by atoms with Crippen LogP contribution in [-0.2, 0) is 11.2 Å². The molecule has 1 aromatic rings. The average Bonchev–Trinajstić information content (AvgIpc) is 2.62. The molecule has 4 nitrogen and oxygen atoms in total. The van der Waals surface area contributed by atoms with E-state index >= 15 is 0 Å². The summed E-state index contributed by atoms with van der Waals surface area (Å²) in [5, 5.41) is 10.9. The maximum absolute atomic E-state index is 10.6. The zero-order chi connectivity index (χ0) is 10.8. The first-order valence-electron chi connectivity index (χ1n) is 5.03. The van der Waals surface area contributed by atoms with Crippen LogP contribution in [0.2, 0.25) is 0 Å². The van der Waals surface area contributed by atoms with Crippen LogP contribution in [0.4, 0.5) is 0 Å². The minimum atomic E-state index is -0.954. The molecule has 0 saturated heterocycles. The summed E-state index contributed by atoms with van der Waals surface area (Å²) in [6.45, 7) is 0. The fourth-order valence-electron chi connectivity index (χ4n) is 1.85. The third-order valence-electron chi connectivity index (χ3n) is 2.66. The SMILES string of the molecule is NC(Cc1c[nH]c2c1=CCCC=2)C(=O)O. The number of fused-ring (bicyclic) bond motifs is 1. The minimum absolute atomic E-state index is 0.380. The van der Waals surface area contributed by atoms with Crippen LogP contribution >= 0.6 is 0 Å². The van der Waals surface area contributed by atoms with Crippen LogP contribution in [-0.4, -0.2) is 22.1 Å². The van der Waals surface area contributed by atoms with Gasteiger partial charge in [-0.05, 0) is 23.6 Å². The Balaban J connectivity index is 2.32. The first-order valence-corrected chi connectivity index (χ1v) is 5.03. The molecular formula is C11H14N2O2. The number of nitrogens with one attached hydrogen (secondary N) is 1. The van der Waals surface area contributed by atoms with Gasteiger partial charge in [-0.2, -0.15) is 0 Å². The van der Waals surface area contributed by atoms with Gasteiger partial charge < -0.3 is 15.8 Å². The third kappa shape index (κ3) is 1.94. The second-order valence-electron chi connectivity index (χ2n) is 3.78. The van der Waals surface area contributed by atoms with E-state index in [1.54, 1.807) is 0 Å². The summed E-state index contributed by atoms with van der Waals surface area (Å²) in [6, 6.07) is -0.819. The number of aromatic nitrogens is 1. The van der Waals surface area contributed by atoms with Gasteiger partial charge in [-0.15, -0.1) is 0 Å². The van der Waals surface area contributed by atoms with Crippen molar-refractivity contribution in [3.63, 3.8) is 0 Å². The molecule has 80 valence electrons. The third-order valence-corrected chi connectivity index (χ3v) is 2.66. The van der Waals surface area contributed by atoms with Crippen molar-refractivity contribution in [3.05, 3.63) is 22.3 Å². The molecule has 0 fully saturated rings. The second kappa shape index (κ2) is 3.90. The fourth-order valence-corrected chi connectivity index (χ4v) is 1.85. The summed E-state index contributed by atoms with van der Waals surface area (Å²) in [5.41, 5.74) is 6.50. The van der Waals surface area contributed by atoms with E-state index in [1.807, 2.05) is 6.20 Å². The van der Waals surface area contributed by atoms with E-state index in [4.69, 9.17) is 10.8 Å². The molecule has 0 aliphatic heterocycles. The summed E-state index contributed by atoms with van der Waals surface area (Å²) >= 11 is 0. The van der Waals surface area contributed by atoms with Crippen LogP contribution in [0.1, 0.15) is 18.4 Å². The van der Waals surface area contributed by atoms with E-state index < -0.39 is 12.0 Å². The van der Waals surface area contributed by atoms with Crippen molar-refractivity contribution in [2.45, 2.75) is 25.3 Å². The van der Waals surface area contributed by atoms with Crippen molar-refractivity contribution in [3.8, 4) is 0 Å². The number of rotatable bonds is 3. The topological polar surface area (TPSA) is 79.1 Å². The lowest BCUT2D eigenvalue weighted by molar-refractivity contribution is -0.138. The predicted molar refractivity (Wildman–Crippen MR) is 57.5 cm³/mol. The van der Waals surface area contributed by atoms with Crippen molar-refractivity contribution in [2.24, 2.45) is 5.73 Å². The van der Waals surface area contributed by atoms with Gasteiger partial charge in [0.2, 0.25) is 0 Å². The molecule has 0 spiro atoms. The molecule has 1 aliphatic rings. The molecule has 0 amide bonds. The zero-order valence-corrected chi connectivity index (χ0v) is 8.36. The number of carboxylic acids is 1. The highest BCUT2D eigenvalue weighted by molar-refractivity contribution is 5.73. The maximum Gasteiger partial charge on any atom is 0.320 e. The van der Waals surface area contributed by atoms with Crippen LogP contribution in [0, 0.1) is 0 Å². The molecule has 0 radical (unpaired) electrons. The Morgan fingerprint density at radius 2 is 2.27 bits per heavy atom. The Kier molecular flexibility index (Phi) is 2.60. The van der Waals surface area contributed by atoms with Crippen LogP contribution in [0.25, 0.3) is 12.2 Å². The quantitative estimate of drug-likeness (QED) is 0.613. The van der Waals surface area contributed by atoms with Gasteiger partial charge in [0.15, 0.2) is 0 Å². The lowest BCUT2D eigenvalue weighted by Crippen LogP contribution is -2.35. The Hall–Kier alpha value is -1.55. The standard InChI is InChI=1S/C11H14N2O2/c12-9(11(14)15)5-7-6-13-10-4-2-1-3-8(7)10/h3-4,6,9,13H,1-2,5,12H2,(H,14,15). The zero-order valence-electron chi connectivity index (χ0n) is 8.36. The van der Waals surface area contributed by atoms with Crippen molar-refractivity contribution in [1.82, 2.24) is 4.98 Å². The van der Waals surface area contributed by atoms with Crippen LogP contribution in [0.3, 0.4) is 0 Å². The average molecular weight is 206 g/mol. The minimum Gasteiger partial charge on any atom is -0.480 e. The van der Waals surface area contributed by atoms with E-state index in [0.717, 1.165) is 29.0 Å². The van der Waals surface area contributed by atoms with Crippen molar-refractivity contribution in [2.75, 3.05) is 0 Å². The molecule has 0 bridgehead atoms. The Labute approximate surface area is 87.1 Å². The molecule has 1 heterocycles. The van der Waals surface area contributed by atoms with E-state index in [2.05, 4.69) is 17.1 Å². The Bertz CT molecular complexity index is 487. The molecule has 1 aliphatic carbocycles. The van der Waals surface area contributed by atoms with Gasteiger partial charge in [0.1, 0.15) is 6.04 Å². The highest BCUT2D eigenvalue weighted by atomic mass is 16.4. The van der Waals surface area contributed by atoms with E-state index in [9.17, 15) is 4.79 Å². The number of nitrogens with two attached hydrogens (primary N) is 1. The second-order valence-corrected chi connectivity index (χ2v) is 3.78. The first kappa shape index (κ1) is 9.98. The van der Waals surface area contributed by atoms with Crippen LogP contribution in [0.5, 0.6) is 0 Å². The molecule has 0 saturated carbocycles. The molecular weight excluding hydrogens is 192 g/mol. The number of aromatic amines is 1. The molecule has 15 heavy (non-hydrogen) atoms. The number of carboxylic acid groups (broad SMARTS) is 1. The van der Waals surface area contributed by atoms with Crippen molar-refractivity contribution in [1.29, 1.82) is 0 Å². The number of hydrogen-bond donors (Lipinski definition) is 3. The van der Waals surface area contributed by atoms with E-state index in [-0.39, 0.29) is 0 Å². The van der Waals surface area contributed by atoms with E-state index in [0.29, 0.717) is 6.42 Å². The van der Waals surface area contributed by atoms with Gasteiger partial charge in [0.05, 0.1) is 0 Å². The fraction of sp³-hybridized carbons (Fsp3) is 0.364. The van der Waals surface area contributed by atoms with Gasteiger partial charge in [-0.25, -0.2) is 0 Å². The number of carbonyl (C=O) groups is 1. The highest BCUT2D eigenvalue weighted by Crippen LogP contribution is 1.99. The van der Waals surface area contributed by atoms with Gasteiger partial charge in [0.25, 0.3) is 0 Å². The van der Waals surface area contributed by atoms with Gasteiger partial charge in [-0.1, -0.05) is 12.2 Å².